The number of nitrogens with zero attached hydrogens (tertiary/aromatic N) is 5. The van der Waals surface area contributed by atoms with E-state index in [0.29, 0.717) is 32.2 Å². The van der Waals surface area contributed by atoms with E-state index in [1.54, 1.807) is 23.1 Å². The lowest BCUT2D eigenvalue weighted by Crippen LogP contribution is -2.45. The molecule has 156 valence electrons. The largest absolute Gasteiger partial charge is 0.481 e. The fourth-order valence-corrected chi connectivity index (χ4v) is 4.25. The van der Waals surface area contributed by atoms with Crippen molar-refractivity contribution in [3.05, 3.63) is 38.7 Å². The summed E-state index contributed by atoms with van der Waals surface area (Å²) in [6.07, 6.45) is 2.30. The molecule has 0 saturated heterocycles. The number of benzene rings is 1. The van der Waals surface area contributed by atoms with E-state index in [9.17, 15) is 14.4 Å². The Labute approximate surface area is 176 Å². The molecule has 1 N–H and O–H groups in total. The normalized spacial score (nSPS) is 19.1. The number of carbonyl (C=O) groups excluding carboxylic acids is 1. The smallest absolute Gasteiger partial charge is 0.369 e. The van der Waals surface area contributed by atoms with Crippen molar-refractivity contribution in [1.29, 1.82) is 0 Å². The maximum atomic E-state index is 12.8. The number of halogens is 2. The highest BCUT2D eigenvalue weighted by molar-refractivity contribution is 6.37. The van der Waals surface area contributed by atoms with Crippen molar-refractivity contribution < 1.29 is 14.7 Å². The third-order valence-corrected chi connectivity index (χ3v) is 5.83. The molecule has 1 aromatic carbocycles. The van der Waals surface area contributed by atoms with E-state index in [1.165, 1.54) is 0 Å². The molecule has 29 heavy (non-hydrogen) atoms. The molecule has 0 aliphatic heterocycles. The number of amides is 1. The zero-order valence-electron chi connectivity index (χ0n) is 15.8. The van der Waals surface area contributed by atoms with E-state index >= 15 is 0 Å². The molecule has 11 heteroatoms. The summed E-state index contributed by atoms with van der Waals surface area (Å²) < 4.78 is 1.93. The summed E-state index contributed by atoms with van der Waals surface area (Å²) in [5.41, 5.74) is -0.419. The van der Waals surface area contributed by atoms with Crippen molar-refractivity contribution in [2.75, 3.05) is 6.54 Å². The zero-order chi connectivity index (χ0) is 21.1. The van der Waals surface area contributed by atoms with Gasteiger partial charge in [0.1, 0.15) is 12.2 Å². The van der Waals surface area contributed by atoms with Gasteiger partial charge in [-0.05, 0) is 55.2 Å². The fourth-order valence-electron chi connectivity index (χ4n) is 3.70. The Balaban J connectivity index is 1.75. The molecule has 0 atom stereocenters. The molecule has 1 saturated carbocycles. The number of hydrogen-bond donors (Lipinski definition) is 1. The Bertz CT molecular complexity index is 945. The van der Waals surface area contributed by atoms with Gasteiger partial charge in [0.05, 0.1) is 16.0 Å². The summed E-state index contributed by atoms with van der Waals surface area (Å²) in [7, 11) is 0. The third-order valence-electron chi connectivity index (χ3n) is 5.22. The third kappa shape index (κ3) is 4.45. The Morgan fingerprint density at radius 1 is 1.17 bits per heavy atom. The van der Waals surface area contributed by atoms with Crippen molar-refractivity contribution in [1.82, 2.24) is 24.7 Å². The molecular formula is C18H21Cl2N5O4. The average molecular weight is 442 g/mol. The van der Waals surface area contributed by atoms with Crippen molar-refractivity contribution >= 4 is 35.1 Å². The van der Waals surface area contributed by atoms with Gasteiger partial charge in [0.25, 0.3) is 0 Å². The van der Waals surface area contributed by atoms with Crippen LogP contribution in [0.4, 0.5) is 0 Å². The van der Waals surface area contributed by atoms with Crippen molar-refractivity contribution in [3.63, 3.8) is 0 Å². The molecule has 1 aromatic heterocycles. The molecule has 1 aliphatic rings. The number of aromatic nitrogens is 4. The topological polar surface area (TPSA) is 110 Å². The Kier molecular flexibility index (Phi) is 6.59. The average Bonchev–Trinajstić information content (AvgIpc) is 3.03. The SMILES string of the molecule is CCN(C(=O)Cn1nnn(-c2c(Cl)cccc2Cl)c1=O)C1CCC(C(=O)O)CC1. The second-order valence-corrected chi connectivity index (χ2v) is 7.74. The molecule has 0 unspecified atom stereocenters. The van der Waals surface area contributed by atoms with Crippen LogP contribution in [-0.4, -0.2) is 54.3 Å². The van der Waals surface area contributed by atoms with Gasteiger partial charge >= 0.3 is 11.7 Å². The van der Waals surface area contributed by atoms with Crippen molar-refractivity contribution in [2.45, 2.75) is 45.2 Å². The van der Waals surface area contributed by atoms with Gasteiger partial charge in [0, 0.05) is 12.6 Å². The van der Waals surface area contributed by atoms with E-state index < -0.39 is 11.7 Å². The van der Waals surface area contributed by atoms with Crippen LogP contribution in [0.3, 0.4) is 0 Å². The first kappa shape index (κ1) is 21.3. The Morgan fingerprint density at radius 2 is 1.79 bits per heavy atom. The van der Waals surface area contributed by atoms with Gasteiger partial charge in [0.2, 0.25) is 5.91 Å². The molecular weight excluding hydrogens is 421 g/mol. The molecule has 0 spiro atoms. The first-order chi connectivity index (χ1) is 13.8. The highest BCUT2D eigenvalue weighted by Gasteiger charge is 2.31. The number of carboxylic acids is 1. The zero-order valence-corrected chi connectivity index (χ0v) is 17.3. The fraction of sp³-hybridized carbons (Fsp3) is 0.500. The summed E-state index contributed by atoms with van der Waals surface area (Å²) in [5, 5.41) is 17.2. The van der Waals surface area contributed by atoms with Gasteiger partial charge in [-0.1, -0.05) is 29.3 Å². The monoisotopic (exact) mass is 441 g/mol. The number of para-hydroxylation sites is 1. The van der Waals surface area contributed by atoms with Crippen LogP contribution in [0.25, 0.3) is 5.69 Å². The second kappa shape index (κ2) is 8.96. The van der Waals surface area contributed by atoms with Crippen LogP contribution in [0.2, 0.25) is 10.0 Å². The molecule has 3 rings (SSSR count). The number of hydrogen-bond acceptors (Lipinski definition) is 5. The van der Waals surface area contributed by atoms with Gasteiger partial charge in [0.15, 0.2) is 0 Å². The molecule has 1 aliphatic carbocycles. The molecule has 2 aromatic rings. The number of rotatable bonds is 6. The summed E-state index contributed by atoms with van der Waals surface area (Å²) in [6, 6.07) is 4.75. The second-order valence-electron chi connectivity index (χ2n) is 6.92. The summed E-state index contributed by atoms with van der Waals surface area (Å²) in [4.78, 5) is 38.3. The van der Waals surface area contributed by atoms with E-state index in [1.807, 2.05) is 6.92 Å². The quantitative estimate of drug-likeness (QED) is 0.735. The molecule has 1 fully saturated rings. The number of aliphatic carboxylic acids is 1. The first-order valence-corrected chi connectivity index (χ1v) is 10.1. The van der Waals surface area contributed by atoms with Crippen LogP contribution in [-0.2, 0) is 16.1 Å². The van der Waals surface area contributed by atoms with Gasteiger partial charge in [-0.15, -0.1) is 0 Å². The summed E-state index contributed by atoms with van der Waals surface area (Å²) in [5.74, 6) is -1.42. The van der Waals surface area contributed by atoms with Crippen LogP contribution in [0.5, 0.6) is 0 Å². The molecule has 1 heterocycles. The minimum absolute atomic E-state index is 0.0492. The number of carboxylic acid groups (broad SMARTS) is 1. The van der Waals surface area contributed by atoms with Crippen LogP contribution in [0, 0.1) is 5.92 Å². The lowest BCUT2D eigenvalue weighted by Gasteiger charge is -2.35. The van der Waals surface area contributed by atoms with Crippen molar-refractivity contribution in [3.8, 4) is 5.69 Å². The number of likely N-dealkylation sites (N-methyl/N-ethyl adjacent to an activating group) is 1. The van der Waals surface area contributed by atoms with Gasteiger partial charge < -0.3 is 10.0 Å². The maximum absolute atomic E-state index is 12.8. The van der Waals surface area contributed by atoms with Crippen LogP contribution in [0.1, 0.15) is 32.6 Å². The van der Waals surface area contributed by atoms with E-state index in [-0.39, 0.29) is 40.1 Å². The molecule has 0 bridgehead atoms. The van der Waals surface area contributed by atoms with Crippen molar-refractivity contribution in [2.24, 2.45) is 5.92 Å². The maximum Gasteiger partial charge on any atom is 0.369 e. The Hall–Kier alpha value is -2.39. The number of tetrazole rings is 1. The highest BCUT2D eigenvalue weighted by Crippen LogP contribution is 2.28. The van der Waals surface area contributed by atoms with E-state index in [0.717, 1.165) is 9.36 Å². The number of carbonyl (C=O) groups is 2. The van der Waals surface area contributed by atoms with Crippen LogP contribution >= 0.6 is 23.2 Å². The highest BCUT2D eigenvalue weighted by atomic mass is 35.5. The summed E-state index contributed by atoms with van der Waals surface area (Å²) >= 11 is 12.2. The van der Waals surface area contributed by atoms with Gasteiger partial charge in [-0.25, -0.2) is 4.79 Å². The molecule has 0 radical (unpaired) electrons. The summed E-state index contributed by atoms with van der Waals surface area (Å²) in [6.45, 7) is 2.04. The minimum atomic E-state index is -0.792. The predicted octanol–water partition coefficient (Wildman–Crippen LogP) is 2.23. The molecule has 9 nitrogen and oxygen atoms in total. The van der Waals surface area contributed by atoms with Crippen LogP contribution < -0.4 is 5.69 Å². The van der Waals surface area contributed by atoms with Gasteiger partial charge in [-0.2, -0.15) is 9.36 Å². The first-order valence-electron chi connectivity index (χ1n) is 9.33. The lowest BCUT2D eigenvalue weighted by molar-refractivity contribution is -0.143. The standard InChI is InChI=1S/C18H21Cl2N5O4/c1-2-23(12-8-6-11(7-9-12)17(27)28)15(26)10-24-18(29)25(22-21-24)16-13(19)4-3-5-14(16)20/h3-5,11-12H,2,6-10H2,1H3,(H,27,28). The van der Waals surface area contributed by atoms with E-state index in [2.05, 4.69) is 10.4 Å². The predicted molar refractivity (Wildman–Crippen MR) is 106 cm³/mol. The molecule has 1 amide bonds. The van der Waals surface area contributed by atoms with E-state index in [4.69, 9.17) is 28.3 Å². The van der Waals surface area contributed by atoms with Gasteiger partial charge in [-0.3, -0.25) is 9.59 Å². The minimum Gasteiger partial charge on any atom is -0.481 e. The Morgan fingerprint density at radius 3 is 2.34 bits per heavy atom. The van der Waals surface area contributed by atoms with Crippen LogP contribution in [0.15, 0.2) is 23.0 Å². The lowest BCUT2D eigenvalue weighted by atomic mass is 9.85.